The van der Waals surface area contributed by atoms with Crippen LogP contribution in [-0.2, 0) is 5.41 Å². The molecule has 0 amide bonds. The third-order valence-electron chi connectivity index (χ3n) is 2.94. The Morgan fingerprint density at radius 1 is 1.17 bits per heavy atom. The lowest BCUT2D eigenvalue weighted by Crippen LogP contribution is -2.27. The summed E-state index contributed by atoms with van der Waals surface area (Å²) in [4.78, 5) is 7.99. The van der Waals surface area contributed by atoms with Gasteiger partial charge in [-0.3, -0.25) is 0 Å². The molecule has 0 unspecified atom stereocenters. The van der Waals surface area contributed by atoms with Crippen molar-refractivity contribution in [1.82, 2.24) is 9.97 Å². The minimum atomic E-state index is 0.0287. The van der Waals surface area contributed by atoms with Crippen LogP contribution >= 0.6 is 0 Å². The molecular formula is C14H18N4. The molecule has 0 bridgehead atoms. The molecule has 0 atom stereocenters. The molecule has 0 aliphatic rings. The average Bonchev–Trinajstić information content (AvgIpc) is 2.38. The number of rotatable bonds is 4. The fourth-order valence-corrected chi connectivity index (χ4v) is 1.78. The van der Waals surface area contributed by atoms with Crippen molar-refractivity contribution in [3.63, 3.8) is 0 Å². The molecule has 0 saturated heterocycles. The van der Waals surface area contributed by atoms with Crippen molar-refractivity contribution in [2.45, 2.75) is 19.3 Å². The molecule has 1 aromatic carbocycles. The van der Waals surface area contributed by atoms with E-state index in [0.717, 1.165) is 12.4 Å². The number of benzene rings is 1. The smallest absolute Gasteiger partial charge is 0.221 e. The first kappa shape index (κ1) is 12.4. The predicted molar refractivity (Wildman–Crippen MR) is 74.4 cm³/mol. The van der Waals surface area contributed by atoms with Crippen molar-refractivity contribution < 1.29 is 0 Å². The molecule has 1 heterocycles. The molecule has 4 heteroatoms. The molecule has 1 aromatic heterocycles. The van der Waals surface area contributed by atoms with Crippen molar-refractivity contribution in [1.29, 1.82) is 0 Å². The van der Waals surface area contributed by atoms with Crippen LogP contribution in [0.25, 0.3) is 0 Å². The van der Waals surface area contributed by atoms with Gasteiger partial charge in [0.25, 0.3) is 0 Å². The molecule has 94 valence electrons. The van der Waals surface area contributed by atoms with Crippen molar-refractivity contribution in [2.75, 3.05) is 17.6 Å². The number of nitrogen functional groups attached to an aromatic ring is 1. The van der Waals surface area contributed by atoms with Crippen LogP contribution in [0.3, 0.4) is 0 Å². The predicted octanol–water partition coefficient (Wildman–Crippen LogP) is 2.45. The Balaban J connectivity index is 2.05. The molecule has 3 N–H and O–H groups in total. The number of nitrogens with one attached hydrogen (secondary N) is 1. The van der Waals surface area contributed by atoms with Crippen molar-refractivity contribution in [3.8, 4) is 0 Å². The van der Waals surface area contributed by atoms with Gasteiger partial charge in [0.1, 0.15) is 5.82 Å². The molecule has 0 radical (unpaired) electrons. The van der Waals surface area contributed by atoms with Gasteiger partial charge in [-0.2, -0.15) is 4.98 Å². The molecule has 4 nitrogen and oxygen atoms in total. The fourth-order valence-electron chi connectivity index (χ4n) is 1.78. The fraction of sp³-hybridized carbons (Fsp3) is 0.286. The van der Waals surface area contributed by atoms with Gasteiger partial charge in [0.05, 0.1) is 0 Å². The first-order chi connectivity index (χ1) is 8.58. The highest BCUT2D eigenvalue weighted by molar-refractivity contribution is 5.39. The van der Waals surface area contributed by atoms with E-state index in [4.69, 9.17) is 5.73 Å². The standard InChI is InChI=1S/C14H18N4/c1-14(2,11-6-4-3-5-7-11)10-17-12-8-9-16-13(15)18-12/h3-9H,10H2,1-2H3,(H3,15,16,17,18). The highest BCUT2D eigenvalue weighted by Crippen LogP contribution is 2.23. The second-order valence-electron chi connectivity index (χ2n) is 4.90. The van der Waals surface area contributed by atoms with Crippen LogP contribution in [0.4, 0.5) is 11.8 Å². The summed E-state index contributed by atoms with van der Waals surface area (Å²) in [6.07, 6.45) is 1.65. The average molecular weight is 242 g/mol. The minimum Gasteiger partial charge on any atom is -0.369 e. The quantitative estimate of drug-likeness (QED) is 0.864. The number of nitrogens with two attached hydrogens (primary N) is 1. The topological polar surface area (TPSA) is 63.8 Å². The Hall–Kier alpha value is -2.10. The first-order valence-corrected chi connectivity index (χ1v) is 5.96. The maximum Gasteiger partial charge on any atom is 0.221 e. The summed E-state index contributed by atoms with van der Waals surface area (Å²) < 4.78 is 0. The lowest BCUT2D eigenvalue weighted by Gasteiger charge is -2.25. The van der Waals surface area contributed by atoms with Gasteiger partial charge in [-0.05, 0) is 11.6 Å². The zero-order chi connectivity index (χ0) is 13.0. The van der Waals surface area contributed by atoms with E-state index in [9.17, 15) is 0 Å². The Morgan fingerprint density at radius 2 is 1.89 bits per heavy atom. The highest BCUT2D eigenvalue weighted by Gasteiger charge is 2.19. The van der Waals surface area contributed by atoms with E-state index >= 15 is 0 Å². The molecule has 2 rings (SSSR count). The zero-order valence-electron chi connectivity index (χ0n) is 10.7. The molecule has 0 aliphatic heterocycles. The summed E-state index contributed by atoms with van der Waals surface area (Å²) in [6, 6.07) is 12.2. The van der Waals surface area contributed by atoms with Gasteiger partial charge >= 0.3 is 0 Å². The van der Waals surface area contributed by atoms with Crippen LogP contribution in [0.5, 0.6) is 0 Å². The number of hydrogen-bond acceptors (Lipinski definition) is 4. The molecule has 0 spiro atoms. The monoisotopic (exact) mass is 242 g/mol. The second kappa shape index (κ2) is 5.04. The summed E-state index contributed by atoms with van der Waals surface area (Å²) in [6.45, 7) is 5.17. The molecule has 0 fully saturated rings. The molecular weight excluding hydrogens is 224 g/mol. The maximum atomic E-state index is 5.55. The Labute approximate surface area is 107 Å². The minimum absolute atomic E-state index is 0.0287. The van der Waals surface area contributed by atoms with Crippen LogP contribution in [0.2, 0.25) is 0 Å². The summed E-state index contributed by atoms with van der Waals surface area (Å²) >= 11 is 0. The van der Waals surface area contributed by atoms with Crippen LogP contribution in [0, 0.1) is 0 Å². The van der Waals surface area contributed by atoms with Gasteiger partial charge < -0.3 is 11.1 Å². The largest absolute Gasteiger partial charge is 0.369 e. The summed E-state index contributed by atoms with van der Waals surface area (Å²) in [7, 11) is 0. The van der Waals surface area contributed by atoms with E-state index in [1.807, 2.05) is 12.1 Å². The van der Waals surface area contributed by atoms with E-state index in [0.29, 0.717) is 0 Å². The molecule has 0 saturated carbocycles. The van der Waals surface area contributed by atoms with Crippen LogP contribution in [0.1, 0.15) is 19.4 Å². The van der Waals surface area contributed by atoms with Gasteiger partial charge in [0.2, 0.25) is 5.95 Å². The van der Waals surface area contributed by atoms with E-state index in [1.54, 1.807) is 6.20 Å². The van der Waals surface area contributed by atoms with Crippen molar-refractivity contribution in [2.24, 2.45) is 0 Å². The summed E-state index contributed by atoms with van der Waals surface area (Å²) in [5.74, 6) is 1.05. The van der Waals surface area contributed by atoms with Gasteiger partial charge in [-0.25, -0.2) is 4.98 Å². The molecule has 2 aromatic rings. The van der Waals surface area contributed by atoms with E-state index in [-0.39, 0.29) is 11.4 Å². The maximum absolute atomic E-state index is 5.55. The number of aromatic nitrogens is 2. The van der Waals surface area contributed by atoms with E-state index in [2.05, 4.69) is 53.4 Å². The Morgan fingerprint density at radius 3 is 2.56 bits per heavy atom. The normalized spacial score (nSPS) is 11.2. The highest BCUT2D eigenvalue weighted by atomic mass is 15.1. The van der Waals surface area contributed by atoms with Crippen molar-refractivity contribution in [3.05, 3.63) is 48.2 Å². The molecule has 0 aliphatic carbocycles. The zero-order valence-corrected chi connectivity index (χ0v) is 10.7. The Kier molecular flexibility index (Phi) is 3.46. The second-order valence-corrected chi connectivity index (χ2v) is 4.90. The van der Waals surface area contributed by atoms with Crippen LogP contribution in [0.15, 0.2) is 42.6 Å². The van der Waals surface area contributed by atoms with Crippen LogP contribution in [-0.4, -0.2) is 16.5 Å². The van der Waals surface area contributed by atoms with E-state index < -0.39 is 0 Å². The number of nitrogens with zero attached hydrogens (tertiary/aromatic N) is 2. The van der Waals surface area contributed by atoms with Gasteiger partial charge in [0.15, 0.2) is 0 Å². The van der Waals surface area contributed by atoms with Gasteiger partial charge in [-0.1, -0.05) is 44.2 Å². The lowest BCUT2D eigenvalue weighted by molar-refractivity contribution is 0.556. The third-order valence-corrected chi connectivity index (χ3v) is 2.94. The van der Waals surface area contributed by atoms with Crippen molar-refractivity contribution >= 4 is 11.8 Å². The van der Waals surface area contributed by atoms with Gasteiger partial charge in [0, 0.05) is 18.2 Å². The van der Waals surface area contributed by atoms with Crippen LogP contribution < -0.4 is 11.1 Å². The lowest BCUT2D eigenvalue weighted by atomic mass is 9.85. The number of anilines is 2. The summed E-state index contributed by atoms with van der Waals surface area (Å²) in [5.41, 5.74) is 6.87. The summed E-state index contributed by atoms with van der Waals surface area (Å²) in [5, 5.41) is 3.29. The molecule has 18 heavy (non-hydrogen) atoms. The number of hydrogen-bond donors (Lipinski definition) is 2. The Bertz CT molecular complexity index is 508. The SMILES string of the molecule is CC(C)(CNc1ccnc(N)n1)c1ccccc1. The van der Waals surface area contributed by atoms with Gasteiger partial charge in [-0.15, -0.1) is 0 Å². The third kappa shape index (κ3) is 2.97. The first-order valence-electron chi connectivity index (χ1n) is 5.96. The van der Waals surface area contributed by atoms with E-state index in [1.165, 1.54) is 5.56 Å².